The highest BCUT2D eigenvalue weighted by atomic mass is 16.2. The summed E-state index contributed by atoms with van der Waals surface area (Å²) in [6, 6.07) is 8.60. The highest BCUT2D eigenvalue weighted by Crippen LogP contribution is 2.22. The van der Waals surface area contributed by atoms with Gasteiger partial charge in [0, 0.05) is 45.6 Å². The Labute approximate surface area is 164 Å². The summed E-state index contributed by atoms with van der Waals surface area (Å²) in [7, 11) is 3.95. The average molecular weight is 374 g/mol. The van der Waals surface area contributed by atoms with E-state index in [0.29, 0.717) is 39.0 Å². The van der Waals surface area contributed by atoms with Crippen LogP contribution in [0.5, 0.6) is 0 Å². The zero-order valence-corrected chi connectivity index (χ0v) is 17.6. The summed E-state index contributed by atoms with van der Waals surface area (Å²) in [5.41, 5.74) is 2.67. The van der Waals surface area contributed by atoms with Crippen molar-refractivity contribution in [3.8, 4) is 0 Å². The molecule has 1 heterocycles. The van der Waals surface area contributed by atoms with Crippen molar-refractivity contribution in [3.63, 3.8) is 0 Å². The van der Waals surface area contributed by atoms with Crippen LogP contribution in [0, 0.1) is 0 Å². The summed E-state index contributed by atoms with van der Waals surface area (Å²) in [5.74, 6) is 0.380. The maximum Gasteiger partial charge on any atom is 0.223 e. The molecule has 1 aromatic rings. The van der Waals surface area contributed by atoms with Crippen LogP contribution in [0.1, 0.15) is 44.7 Å². The fraction of sp³-hybridized carbons (Fsp3) is 0.636. The van der Waals surface area contributed by atoms with Gasteiger partial charge in [0.05, 0.1) is 0 Å². The molecule has 1 aliphatic rings. The number of nitrogens with zero attached hydrogens (tertiary/aromatic N) is 3. The van der Waals surface area contributed by atoms with Gasteiger partial charge in [-0.15, -0.1) is 0 Å². The molecule has 0 atom stereocenters. The Morgan fingerprint density at radius 1 is 0.889 bits per heavy atom. The molecule has 1 saturated heterocycles. The molecule has 0 N–H and O–H groups in total. The molecule has 1 aromatic carbocycles. The molecule has 1 fully saturated rings. The van der Waals surface area contributed by atoms with Crippen LogP contribution in [0.25, 0.3) is 0 Å². The molecule has 1 aliphatic heterocycles. The number of hydrogen-bond donors (Lipinski definition) is 0. The largest absolute Gasteiger partial charge is 0.339 e. The first-order valence-electron chi connectivity index (χ1n) is 9.96. The van der Waals surface area contributed by atoms with E-state index in [1.54, 1.807) is 0 Å². The summed E-state index contributed by atoms with van der Waals surface area (Å²) in [4.78, 5) is 30.5. The van der Waals surface area contributed by atoms with Crippen LogP contribution >= 0.6 is 0 Å². The average Bonchev–Trinajstić information content (AvgIpc) is 2.64. The number of carbonyl (C=O) groups is 2. The van der Waals surface area contributed by atoms with Crippen LogP contribution in [-0.2, 0) is 21.4 Å². The van der Waals surface area contributed by atoms with Gasteiger partial charge in [0.1, 0.15) is 0 Å². The van der Waals surface area contributed by atoms with Crippen LogP contribution in [0.4, 0.5) is 0 Å². The molecule has 27 heavy (non-hydrogen) atoms. The van der Waals surface area contributed by atoms with Crippen molar-refractivity contribution >= 4 is 11.8 Å². The van der Waals surface area contributed by atoms with Crippen molar-refractivity contribution in [2.24, 2.45) is 0 Å². The zero-order chi connectivity index (χ0) is 20.0. The summed E-state index contributed by atoms with van der Waals surface area (Å²) in [6.07, 6.45) is 1.85. The van der Waals surface area contributed by atoms with Crippen molar-refractivity contribution in [2.75, 3.05) is 46.8 Å². The monoisotopic (exact) mass is 373 g/mol. The van der Waals surface area contributed by atoms with Gasteiger partial charge in [-0.3, -0.25) is 9.59 Å². The Hall–Kier alpha value is -1.88. The smallest absolute Gasteiger partial charge is 0.223 e. The molecule has 0 saturated carbocycles. The van der Waals surface area contributed by atoms with E-state index < -0.39 is 0 Å². The van der Waals surface area contributed by atoms with Gasteiger partial charge in [-0.2, -0.15) is 0 Å². The molecule has 0 aliphatic carbocycles. The Balaban J connectivity index is 1.75. The van der Waals surface area contributed by atoms with Gasteiger partial charge >= 0.3 is 0 Å². The van der Waals surface area contributed by atoms with E-state index in [1.807, 2.05) is 28.8 Å². The van der Waals surface area contributed by atoms with E-state index in [9.17, 15) is 9.59 Å². The van der Waals surface area contributed by atoms with Crippen LogP contribution in [0.15, 0.2) is 24.3 Å². The van der Waals surface area contributed by atoms with Crippen LogP contribution in [-0.4, -0.2) is 73.3 Å². The topological polar surface area (TPSA) is 43.9 Å². The van der Waals surface area contributed by atoms with Crippen molar-refractivity contribution in [3.05, 3.63) is 35.4 Å². The molecule has 0 spiro atoms. The second-order valence-corrected chi connectivity index (χ2v) is 8.76. The second kappa shape index (κ2) is 9.36. The van der Waals surface area contributed by atoms with E-state index in [2.05, 4.69) is 45.0 Å². The van der Waals surface area contributed by atoms with Crippen molar-refractivity contribution in [2.45, 2.75) is 45.4 Å². The molecule has 0 unspecified atom stereocenters. The third-order valence-corrected chi connectivity index (χ3v) is 5.21. The van der Waals surface area contributed by atoms with E-state index >= 15 is 0 Å². The fourth-order valence-corrected chi connectivity index (χ4v) is 3.26. The summed E-state index contributed by atoms with van der Waals surface area (Å²) in [6.45, 7) is 9.98. The quantitative estimate of drug-likeness (QED) is 0.770. The Morgan fingerprint density at radius 2 is 1.37 bits per heavy atom. The van der Waals surface area contributed by atoms with Crippen molar-refractivity contribution < 1.29 is 9.59 Å². The fourth-order valence-electron chi connectivity index (χ4n) is 3.26. The van der Waals surface area contributed by atoms with Gasteiger partial charge in [0.2, 0.25) is 11.8 Å². The number of rotatable bonds is 6. The first kappa shape index (κ1) is 21.4. The normalized spacial score (nSPS) is 15.3. The molecule has 2 amide bonds. The second-order valence-electron chi connectivity index (χ2n) is 8.76. The first-order chi connectivity index (χ1) is 12.7. The van der Waals surface area contributed by atoms with Crippen LogP contribution < -0.4 is 0 Å². The van der Waals surface area contributed by atoms with Gasteiger partial charge in [-0.05, 0) is 37.1 Å². The van der Waals surface area contributed by atoms with Crippen molar-refractivity contribution in [1.29, 1.82) is 0 Å². The first-order valence-corrected chi connectivity index (χ1v) is 9.96. The molecule has 2 rings (SSSR count). The lowest BCUT2D eigenvalue weighted by Gasteiger charge is -2.35. The lowest BCUT2D eigenvalue weighted by molar-refractivity contribution is -0.139. The minimum Gasteiger partial charge on any atom is -0.339 e. The minimum atomic E-state index is 0.151. The Kier molecular flexibility index (Phi) is 7.42. The number of benzene rings is 1. The molecular weight excluding hydrogens is 338 g/mol. The standard InChI is InChI=1S/C22H35N3O2/c1-22(2,3)19-9-6-18(7-10-19)8-11-20(26)24-14-16-25(17-15-24)21(27)12-13-23(4)5/h6-7,9-10H,8,11-17H2,1-5H3. The maximum absolute atomic E-state index is 12.5. The van der Waals surface area contributed by atoms with E-state index in [-0.39, 0.29) is 17.2 Å². The third kappa shape index (κ3) is 6.65. The third-order valence-electron chi connectivity index (χ3n) is 5.21. The predicted molar refractivity (Wildman–Crippen MR) is 110 cm³/mol. The number of carbonyl (C=O) groups excluding carboxylic acids is 2. The summed E-state index contributed by atoms with van der Waals surface area (Å²) < 4.78 is 0. The molecule has 150 valence electrons. The van der Waals surface area contributed by atoms with Crippen LogP contribution in [0.2, 0.25) is 0 Å². The van der Waals surface area contributed by atoms with E-state index in [1.165, 1.54) is 11.1 Å². The van der Waals surface area contributed by atoms with E-state index in [4.69, 9.17) is 0 Å². The number of hydrogen-bond acceptors (Lipinski definition) is 3. The molecular formula is C22H35N3O2. The zero-order valence-electron chi connectivity index (χ0n) is 17.6. The molecule has 5 nitrogen and oxygen atoms in total. The SMILES string of the molecule is CN(C)CCC(=O)N1CCN(C(=O)CCc2ccc(C(C)(C)C)cc2)CC1. The minimum absolute atomic E-state index is 0.151. The van der Waals surface area contributed by atoms with Gasteiger partial charge in [-0.1, -0.05) is 45.0 Å². The number of piperazine rings is 1. The van der Waals surface area contributed by atoms with Gasteiger partial charge in [0.25, 0.3) is 0 Å². The van der Waals surface area contributed by atoms with E-state index in [0.717, 1.165) is 13.0 Å². The molecule has 0 aromatic heterocycles. The lowest BCUT2D eigenvalue weighted by Crippen LogP contribution is -2.51. The summed E-state index contributed by atoms with van der Waals surface area (Å²) in [5, 5.41) is 0. The van der Waals surface area contributed by atoms with Crippen LogP contribution in [0.3, 0.4) is 0 Å². The highest BCUT2D eigenvalue weighted by molar-refractivity contribution is 5.78. The van der Waals surface area contributed by atoms with Gasteiger partial charge in [-0.25, -0.2) is 0 Å². The molecule has 5 heteroatoms. The van der Waals surface area contributed by atoms with Crippen molar-refractivity contribution in [1.82, 2.24) is 14.7 Å². The maximum atomic E-state index is 12.5. The Bertz CT molecular complexity index is 624. The predicted octanol–water partition coefficient (Wildman–Crippen LogP) is 2.54. The van der Waals surface area contributed by atoms with Gasteiger partial charge < -0.3 is 14.7 Å². The number of aryl methyl sites for hydroxylation is 1. The van der Waals surface area contributed by atoms with Gasteiger partial charge in [0.15, 0.2) is 0 Å². The highest BCUT2D eigenvalue weighted by Gasteiger charge is 2.23. The summed E-state index contributed by atoms with van der Waals surface area (Å²) >= 11 is 0. The lowest BCUT2D eigenvalue weighted by atomic mass is 9.86. The Morgan fingerprint density at radius 3 is 1.81 bits per heavy atom. The molecule has 0 bridgehead atoms. The molecule has 0 radical (unpaired) electrons. The number of amides is 2.